The van der Waals surface area contributed by atoms with Gasteiger partial charge in [-0.1, -0.05) is 43.2 Å². The number of hydrogen-bond acceptors (Lipinski definition) is 12. The number of thiophene rings is 2. The number of aromatic nitrogens is 2. The molecule has 2 saturated carbocycles. The number of benzene rings is 1. The molecule has 14 nitrogen and oxygen atoms in total. The summed E-state index contributed by atoms with van der Waals surface area (Å²) < 4.78 is 39.9. The molecule has 4 aromatic rings. The van der Waals surface area contributed by atoms with Gasteiger partial charge in [0.25, 0.3) is 5.91 Å². The number of rotatable bonds is 8. The maximum absolute atomic E-state index is 14.6. The zero-order valence-electron chi connectivity index (χ0n) is 29.7. The van der Waals surface area contributed by atoms with Gasteiger partial charge in [-0.3, -0.25) is 19.1 Å². The minimum absolute atomic E-state index is 0.0287. The standard InChI is InChI=1S/C38H40N6O8S3/c45-33-29-20-24(51-34-32(30-14-8-18-53-30)39-26-11-6-7-12-27(26)40-34)22-44(29)35(46)28(41-37(48)52-31-15-9-19-54-31)13-5-3-1-2-4-10-23-21-38(23,42-33)36(47)43-55(49,50)25-16-17-25/h4,6-12,14-15,18-19,23-25,28-29H,1-3,5,13,16-17,20-22H2,(H,41,48)(H,42,45)(H,43,47)/b10-4+/t23?,24-,28-,29+,38-/m1/s1. The second kappa shape index (κ2) is 15.3. The third-order valence-corrected chi connectivity index (χ3v) is 13.8. The number of allylic oxidation sites excluding steroid dienone is 1. The van der Waals surface area contributed by atoms with Crippen molar-refractivity contribution >= 4 is 67.5 Å². The molecule has 0 spiro atoms. The zero-order chi connectivity index (χ0) is 38.2. The fourth-order valence-corrected chi connectivity index (χ4v) is 9.87. The monoisotopic (exact) mass is 804 g/mol. The Kier molecular flexibility index (Phi) is 10.3. The van der Waals surface area contributed by atoms with Gasteiger partial charge in [0.1, 0.15) is 29.4 Å². The van der Waals surface area contributed by atoms with Crippen molar-refractivity contribution in [1.29, 1.82) is 0 Å². The highest BCUT2D eigenvalue weighted by Crippen LogP contribution is 2.46. The van der Waals surface area contributed by atoms with Crippen LogP contribution in [0.15, 0.2) is 71.4 Å². The van der Waals surface area contributed by atoms with Crippen LogP contribution in [0, 0.1) is 5.92 Å². The van der Waals surface area contributed by atoms with Crippen LogP contribution >= 0.6 is 22.7 Å². The van der Waals surface area contributed by atoms with Gasteiger partial charge in [-0.05, 0) is 79.6 Å². The highest BCUT2D eigenvalue weighted by molar-refractivity contribution is 7.91. The van der Waals surface area contributed by atoms with Gasteiger partial charge >= 0.3 is 6.09 Å². The molecule has 55 heavy (non-hydrogen) atoms. The second-order valence-electron chi connectivity index (χ2n) is 14.4. The molecule has 8 rings (SSSR count). The first-order valence-corrected chi connectivity index (χ1v) is 21.7. The Morgan fingerprint density at radius 1 is 0.945 bits per heavy atom. The first-order valence-electron chi connectivity index (χ1n) is 18.4. The molecule has 3 aromatic heterocycles. The average Bonchev–Trinajstić information content (AvgIpc) is 3.90. The van der Waals surface area contributed by atoms with E-state index in [4.69, 9.17) is 19.4 Å². The van der Waals surface area contributed by atoms with Gasteiger partial charge in [-0.15, -0.1) is 22.7 Å². The quantitative estimate of drug-likeness (QED) is 0.206. The van der Waals surface area contributed by atoms with E-state index in [9.17, 15) is 27.6 Å². The first kappa shape index (κ1) is 37.1. The van der Waals surface area contributed by atoms with E-state index in [-0.39, 0.29) is 25.3 Å². The largest absolute Gasteiger partial charge is 0.471 e. The summed E-state index contributed by atoms with van der Waals surface area (Å²) in [4.78, 5) is 67.7. The lowest BCUT2D eigenvalue weighted by atomic mass is 10.1. The molecule has 4 aliphatic rings. The van der Waals surface area contributed by atoms with E-state index < -0.39 is 68.7 Å². The maximum Gasteiger partial charge on any atom is 0.414 e. The minimum atomic E-state index is -3.90. The van der Waals surface area contributed by atoms with Gasteiger partial charge in [-0.25, -0.2) is 23.2 Å². The summed E-state index contributed by atoms with van der Waals surface area (Å²) in [5.74, 6) is -2.13. The molecule has 2 aliphatic carbocycles. The van der Waals surface area contributed by atoms with E-state index in [1.165, 1.54) is 27.6 Å². The van der Waals surface area contributed by atoms with Gasteiger partial charge < -0.3 is 25.0 Å². The highest BCUT2D eigenvalue weighted by Gasteiger charge is 2.62. The Bertz CT molecular complexity index is 2230. The lowest BCUT2D eigenvalue weighted by Crippen LogP contribution is -2.58. The zero-order valence-corrected chi connectivity index (χ0v) is 32.2. The van der Waals surface area contributed by atoms with Gasteiger partial charge in [0, 0.05) is 12.3 Å². The number of nitrogens with zero attached hydrogens (tertiary/aromatic N) is 3. The predicted molar refractivity (Wildman–Crippen MR) is 206 cm³/mol. The van der Waals surface area contributed by atoms with Crippen molar-refractivity contribution < 1.29 is 37.1 Å². The Labute approximate surface area is 325 Å². The smallest absolute Gasteiger partial charge is 0.414 e. The molecule has 5 heterocycles. The summed E-state index contributed by atoms with van der Waals surface area (Å²) in [7, 11) is -3.90. The third-order valence-electron chi connectivity index (χ3n) is 10.4. The van der Waals surface area contributed by atoms with E-state index in [0.29, 0.717) is 53.9 Å². The van der Waals surface area contributed by atoms with Gasteiger partial charge in [0.2, 0.25) is 27.7 Å². The number of carbonyl (C=O) groups is 4. The summed E-state index contributed by atoms with van der Waals surface area (Å²) in [6, 6.07) is 12.4. The van der Waals surface area contributed by atoms with Crippen LogP contribution in [-0.4, -0.2) is 82.6 Å². The number of ether oxygens (including phenoxy) is 2. The first-order chi connectivity index (χ1) is 26.6. The predicted octanol–water partition coefficient (Wildman–Crippen LogP) is 4.93. The van der Waals surface area contributed by atoms with E-state index in [1.807, 2.05) is 53.9 Å². The summed E-state index contributed by atoms with van der Waals surface area (Å²) in [5, 5.41) is 9.05. The van der Waals surface area contributed by atoms with Crippen molar-refractivity contribution in [2.45, 2.75) is 86.8 Å². The number of amides is 4. The van der Waals surface area contributed by atoms with E-state index in [1.54, 1.807) is 17.5 Å². The van der Waals surface area contributed by atoms with Crippen LogP contribution in [0.5, 0.6) is 10.9 Å². The van der Waals surface area contributed by atoms with Gasteiger partial charge in [0.05, 0.1) is 27.7 Å². The number of para-hydroxylation sites is 2. The third kappa shape index (κ3) is 8.09. The average molecular weight is 805 g/mol. The molecule has 3 N–H and O–H groups in total. The van der Waals surface area contributed by atoms with Crippen LogP contribution in [0.2, 0.25) is 0 Å². The molecule has 288 valence electrons. The van der Waals surface area contributed by atoms with E-state index in [2.05, 4.69) is 15.4 Å². The molecule has 17 heteroatoms. The van der Waals surface area contributed by atoms with Crippen LogP contribution in [0.1, 0.15) is 57.8 Å². The van der Waals surface area contributed by atoms with Crippen LogP contribution in [-0.2, 0) is 24.4 Å². The Morgan fingerprint density at radius 3 is 2.47 bits per heavy atom. The fraction of sp³-hybridized carbons (Fsp3) is 0.421. The van der Waals surface area contributed by atoms with Crippen molar-refractivity contribution in [2.24, 2.45) is 5.92 Å². The number of fused-ring (bicyclic) bond motifs is 3. The molecular weight excluding hydrogens is 765 g/mol. The van der Waals surface area contributed by atoms with Crippen molar-refractivity contribution in [1.82, 2.24) is 30.2 Å². The van der Waals surface area contributed by atoms with Crippen molar-refractivity contribution in [3.05, 3.63) is 71.4 Å². The molecule has 5 atom stereocenters. The summed E-state index contributed by atoms with van der Waals surface area (Å²) >= 11 is 2.71. The van der Waals surface area contributed by atoms with Crippen molar-refractivity contribution in [3.63, 3.8) is 0 Å². The Hall–Kier alpha value is -4.87. The number of nitrogens with one attached hydrogen (secondary N) is 3. The molecule has 0 bridgehead atoms. The van der Waals surface area contributed by atoms with Crippen LogP contribution in [0.4, 0.5) is 4.79 Å². The fourth-order valence-electron chi connectivity index (χ4n) is 7.23. The molecular formula is C38H40N6O8S3. The van der Waals surface area contributed by atoms with Crippen LogP contribution in [0.3, 0.4) is 0 Å². The van der Waals surface area contributed by atoms with Gasteiger partial charge in [0.15, 0.2) is 5.06 Å². The highest BCUT2D eigenvalue weighted by atomic mass is 32.2. The van der Waals surface area contributed by atoms with Crippen molar-refractivity contribution in [2.75, 3.05) is 6.54 Å². The number of hydrogen-bond donors (Lipinski definition) is 3. The maximum atomic E-state index is 14.6. The molecule has 1 saturated heterocycles. The van der Waals surface area contributed by atoms with E-state index in [0.717, 1.165) is 17.7 Å². The Balaban J connectivity index is 1.11. The molecule has 3 fully saturated rings. The lowest BCUT2D eigenvalue weighted by Gasteiger charge is -2.29. The summed E-state index contributed by atoms with van der Waals surface area (Å²) in [5.41, 5.74) is 0.289. The van der Waals surface area contributed by atoms with E-state index >= 15 is 0 Å². The Morgan fingerprint density at radius 2 is 1.73 bits per heavy atom. The molecule has 1 unspecified atom stereocenters. The summed E-state index contributed by atoms with van der Waals surface area (Å²) in [6.45, 7) is -0.0357. The normalized spacial score (nSPS) is 26.4. The van der Waals surface area contributed by atoms with Crippen LogP contribution in [0.25, 0.3) is 21.6 Å². The van der Waals surface area contributed by atoms with Gasteiger partial charge in [-0.2, -0.15) is 0 Å². The summed E-state index contributed by atoms with van der Waals surface area (Å²) in [6.07, 6.45) is 6.59. The lowest BCUT2D eigenvalue weighted by molar-refractivity contribution is -0.141. The number of carbonyl (C=O) groups excluding carboxylic acids is 4. The molecule has 1 aromatic carbocycles. The number of sulfonamides is 1. The second-order valence-corrected chi connectivity index (χ2v) is 18.2. The minimum Gasteiger partial charge on any atom is -0.471 e. The van der Waals surface area contributed by atoms with Crippen LogP contribution < -0.4 is 24.8 Å². The molecule has 4 amide bonds. The SMILES string of the molecule is O=C(N[C@@H]1CCCCC/C=C/C2C[C@@]2(C(=O)NS(=O)(=O)C2CC2)NC(=O)[C@@H]2C[C@@H](Oc3nc4ccccc4nc3-c3cccs3)CN2C1=O)Oc1cccs1. The molecule has 2 aliphatic heterocycles. The topological polar surface area (TPSA) is 186 Å². The molecule has 0 radical (unpaired) electrons. The van der Waals surface area contributed by atoms with Crippen molar-refractivity contribution in [3.8, 4) is 21.5 Å².